The number of hydrogen-bond acceptors (Lipinski definition) is 4. The number of benzene rings is 1. The topological polar surface area (TPSA) is 87.3 Å². The maximum Gasteiger partial charge on any atom is 0.240 e. The molecule has 0 atom stereocenters. The average molecular weight is 311 g/mol. The molecule has 0 bridgehead atoms. The van der Waals surface area contributed by atoms with Crippen molar-refractivity contribution in [3.8, 4) is 0 Å². The number of anilines is 1. The van der Waals surface area contributed by atoms with Crippen molar-refractivity contribution in [2.45, 2.75) is 31.1 Å². The fourth-order valence-electron chi connectivity index (χ4n) is 2.39. The Hall–Kier alpha value is -1.60. The molecule has 1 aromatic carbocycles. The molecule has 1 heterocycles. The molecule has 0 spiro atoms. The Morgan fingerprint density at radius 3 is 2.95 bits per heavy atom. The van der Waals surface area contributed by atoms with Gasteiger partial charge in [0.05, 0.1) is 4.90 Å². The minimum Gasteiger partial charge on any atom is -0.385 e. The largest absolute Gasteiger partial charge is 0.385 e. The van der Waals surface area contributed by atoms with E-state index < -0.39 is 10.0 Å². The van der Waals surface area contributed by atoms with Gasteiger partial charge in [0.1, 0.15) is 0 Å². The van der Waals surface area contributed by atoms with Gasteiger partial charge in [0.15, 0.2) is 0 Å². The summed E-state index contributed by atoms with van der Waals surface area (Å²) in [6.07, 6.45) is 1.80. The number of hydrogen-bond donors (Lipinski definition) is 3. The molecule has 1 amide bonds. The van der Waals surface area contributed by atoms with E-state index in [2.05, 4.69) is 15.4 Å². The summed E-state index contributed by atoms with van der Waals surface area (Å²) in [4.78, 5) is 11.7. The Labute approximate surface area is 125 Å². The molecular formula is C14H21N3O3S. The first-order chi connectivity index (χ1) is 10.0. The second kappa shape index (κ2) is 6.91. The van der Waals surface area contributed by atoms with Crippen molar-refractivity contribution < 1.29 is 13.2 Å². The lowest BCUT2D eigenvalue weighted by molar-refractivity contribution is -0.120. The van der Waals surface area contributed by atoms with Crippen LogP contribution in [-0.4, -0.2) is 34.0 Å². The second-order valence-corrected chi connectivity index (χ2v) is 6.65. The first kappa shape index (κ1) is 15.8. The number of sulfonamides is 1. The van der Waals surface area contributed by atoms with Crippen LogP contribution in [0.25, 0.3) is 0 Å². The summed E-state index contributed by atoms with van der Waals surface area (Å²) >= 11 is 0. The molecule has 3 N–H and O–H groups in total. The normalized spacial score (nSPS) is 14.1. The molecule has 1 aromatic rings. The molecule has 1 aliphatic rings. The zero-order valence-electron chi connectivity index (χ0n) is 12.1. The lowest BCUT2D eigenvalue weighted by atomic mass is 10.0. The van der Waals surface area contributed by atoms with Gasteiger partial charge in [0, 0.05) is 31.7 Å². The van der Waals surface area contributed by atoms with Gasteiger partial charge in [-0.25, -0.2) is 13.1 Å². The number of carbonyl (C=O) groups is 1. The van der Waals surface area contributed by atoms with Gasteiger partial charge in [-0.2, -0.15) is 0 Å². The summed E-state index contributed by atoms with van der Waals surface area (Å²) in [5, 5.41) is 5.85. The van der Waals surface area contributed by atoms with Crippen LogP contribution >= 0.6 is 0 Å². The standard InChI is InChI=1S/C14H21N3O3S/c1-2-15-14(18)8-10-17-21(19,20)13-7-3-6-12-11(13)5-4-9-16-12/h3,6-7,16-17H,2,4-5,8-10H2,1H3,(H,15,18). The smallest absolute Gasteiger partial charge is 0.240 e. The van der Waals surface area contributed by atoms with Crippen LogP contribution in [0.1, 0.15) is 25.3 Å². The lowest BCUT2D eigenvalue weighted by Gasteiger charge is -2.21. The van der Waals surface area contributed by atoms with Crippen molar-refractivity contribution in [3.05, 3.63) is 23.8 Å². The molecule has 0 aromatic heterocycles. The molecule has 1 aliphatic heterocycles. The highest BCUT2D eigenvalue weighted by molar-refractivity contribution is 7.89. The van der Waals surface area contributed by atoms with Crippen LogP contribution in [0.15, 0.2) is 23.1 Å². The Bertz CT molecular complexity index is 614. The summed E-state index contributed by atoms with van der Waals surface area (Å²) in [6, 6.07) is 5.23. The van der Waals surface area contributed by atoms with E-state index in [0.717, 1.165) is 30.6 Å². The minimum absolute atomic E-state index is 0.102. The van der Waals surface area contributed by atoms with Crippen LogP contribution in [0.4, 0.5) is 5.69 Å². The maximum absolute atomic E-state index is 12.4. The van der Waals surface area contributed by atoms with E-state index in [1.54, 1.807) is 12.1 Å². The van der Waals surface area contributed by atoms with Crippen LogP contribution in [0.2, 0.25) is 0 Å². The first-order valence-electron chi connectivity index (χ1n) is 7.16. The van der Waals surface area contributed by atoms with Crippen molar-refractivity contribution in [1.82, 2.24) is 10.0 Å². The average Bonchev–Trinajstić information content (AvgIpc) is 2.46. The van der Waals surface area contributed by atoms with Crippen LogP contribution < -0.4 is 15.4 Å². The van der Waals surface area contributed by atoms with E-state index >= 15 is 0 Å². The van der Waals surface area contributed by atoms with Crippen molar-refractivity contribution in [2.24, 2.45) is 0 Å². The third kappa shape index (κ3) is 3.95. The molecule has 0 unspecified atom stereocenters. The first-order valence-corrected chi connectivity index (χ1v) is 8.65. The van der Waals surface area contributed by atoms with Gasteiger partial charge >= 0.3 is 0 Å². The highest BCUT2D eigenvalue weighted by atomic mass is 32.2. The summed E-state index contributed by atoms with van der Waals surface area (Å²) in [6.45, 7) is 3.33. The summed E-state index contributed by atoms with van der Waals surface area (Å²) in [7, 11) is -3.58. The zero-order chi connectivity index (χ0) is 15.3. The zero-order valence-corrected chi connectivity index (χ0v) is 12.9. The van der Waals surface area contributed by atoms with Gasteiger partial charge < -0.3 is 10.6 Å². The van der Waals surface area contributed by atoms with E-state index in [1.807, 2.05) is 13.0 Å². The highest BCUT2D eigenvalue weighted by Gasteiger charge is 2.22. The van der Waals surface area contributed by atoms with Crippen LogP contribution in [-0.2, 0) is 21.2 Å². The minimum atomic E-state index is -3.58. The van der Waals surface area contributed by atoms with Gasteiger partial charge in [-0.3, -0.25) is 4.79 Å². The fraction of sp³-hybridized carbons (Fsp3) is 0.500. The maximum atomic E-state index is 12.4. The SMILES string of the molecule is CCNC(=O)CCNS(=O)(=O)c1cccc2c1CCCN2. The highest BCUT2D eigenvalue weighted by Crippen LogP contribution is 2.28. The Morgan fingerprint density at radius 2 is 2.19 bits per heavy atom. The van der Waals surface area contributed by atoms with Crippen molar-refractivity contribution >= 4 is 21.6 Å². The molecule has 21 heavy (non-hydrogen) atoms. The molecule has 0 fully saturated rings. The Morgan fingerprint density at radius 1 is 1.38 bits per heavy atom. The molecule has 6 nitrogen and oxygen atoms in total. The molecule has 2 rings (SSSR count). The third-order valence-electron chi connectivity index (χ3n) is 3.36. The van der Waals surface area contributed by atoms with E-state index in [-0.39, 0.29) is 18.9 Å². The molecule has 116 valence electrons. The Balaban J connectivity index is 2.08. The predicted octanol–water partition coefficient (Wildman–Crippen LogP) is 0.849. The number of fused-ring (bicyclic) bond motifs is 1. The summed E-state index contributed by atoms with van der Waals surface area (Å²) in [5.41, 5.74) is 1.71. The summed E-state index contributed by atoms with van der Waals surface area (Å²) in [5.74, 6) is -0.156. The van der Waals surface area contributed by atoms with Gasteiger partial charge in [-0.15, -0.1) is 0 Å². The molecule has 0 saturated carbocycles. The quantitative estimate of drug-likeness (QED) is 0.727. The van der Waals surface area contributed by atoms with Gasteiger partial charge in [0.25, 0.3) is 0 Å². The monoisotopic (exact) mass is 311 g/mol. The van der Waals surface area contributed by atoms with E-state index in [0.29, 0.717) is 11.4 Å². The van der Waals surface area contributed by atoms with Crippen LogP contribution in [0, 0.1) is 0 Å². The van der Waals surface area contributed by atoms with E-state index in [4.69, 9.17) is 0 Å². The number of carbonyl (C=O) groups excluding carboxylic acids is 1. The van der Waals surface area contributed by atoms with Gasteiger partial charge in [-0.05, 0) is 37.5 Å². The van der Waals surface area contributed by atoms with Crippen LogP contribution in [0.5, 0.6) is 0 Å². The fourth-order valence-corrected chi connectivity index (χ4v) is 3.71. The number of amides is 1. The van der Waals surface area contributed by atoms with Crippen molar-refractivity contribution in [2.75, 3.05) is 25.0 Å². The molecule has 0 radical (unpaired) electrons. The number of nitrogens with one attached hydrogen (secondary N) is 3. The van der Waals surface area contributed by atoms with Gasteiger partial charge in [-0.1, -0.05) is 6.07 Å². The van der Waals surface area contributed by atoms with Crippen molar-refractivity contribution in [3.63, 3.8) is 0 Å². The molecule has 7 heteroatoms. The van der Waals surface area contributed by atoms with E-state index in [1.165, 1.54) is 0 Å². The van der Waals surface area contributed by atoms with Crippen LogP contribution in [0.3, 0.4) is 0 Å². The third-order valence-corrected chi connectivity index (χ3v) is 4.91. The van der Waals surface area contributed by atoms with Gasteiger partial charge in [0.2, 0.25) is 15.9 Å². The Kier molecular flexibility index (Phi) is 5.19. The van der Waals surface area contributed by atoms with E-state index in [9.17, 15) is 13.2 Å². The molecule has 0 aliphatic carbocycles. The molecular weight excluding hydrogens is 290 g/mol. The molecule has 0 saturated heterocycles. The van der Waals surface area contributed by atoms with Crippen molar-refractivity contribution in [1.29, 1.82) is 0 Å². The predicted molar refractivity (Wildman–Crippen MR) is 81.7 cm³/mol. The number of rotatable bonds is 6. The lowest BCUT2D eigenvalue weighted by Crippen LogP contribution is -2.31. The summed E-state index contributed by atoms with van der Waals surface area (Å²) < 4.78 is 27.2. The second-order valence-electron chi connectivity index (χ2n) is 4.91.